The first-order valence-corrected chi connectivity index (χ1v) is 20.1. The number of pyridine rings is 1. The standard InChI is InChI=1S/C55H33N3O2/c1-2-11-34(12-3-1)55-57-49(32-50(58-55)44-19-9-17-42-41(16-8-18-43(42)44)37-13-10-26-56-33-37)40-28-38(35-22-24-53-47(30-35)45-14-4-6-20-51(45)59-53)27-39(29-40)36-23-25-54-48(31-36)46-15-5-7-21-52(46)60-54/h1-33H. The lowest BCUT2D eigenvalue weighted by molar-refractivity contribution is 0.668. The van der Waals surface area contributed by atoms with Crippen molar-refractivity contribution in [2.24, 2.45) is 0 Å². The van der Waals surface area contributed by atoms with E-state index in [9.17, 15) is 0 Å². The Morgan fingerprint density at radius 1 is 0.300 bits per heavy atom. The number of hydrogen-bond donors (Lipinski definition) is 0. The Kier molecular flexibility index (Phi) is 7.78. The molecule has 0 bridgehead atoms. The third kappa shape index (κ3) is 5.75. The third-order valence-corrected chi connectivity index (χ3v) is 11.6. The van der Waals surface area contributed by atoms with Gasteiger partial charge in [0.05, 0.1) is 11.4 Å². The highest BCUT2D eigenvalue weighted by Gasteiger charge is 2.18. The van der Waals surface area contributed by atoms with E-state index in [1.54, 1.807) is 0 Å². The summed E-state index contributed by atoms with van der Waals surface area (Å²) in [6.45, 7) is 0. The van der Waals surface area contributed by atoms with Crippen molar-refractivity contribution in [1.82, 2.24) is 15.0 Å². The molecule has 60 heavy (non-hydrogen) atoms. The van der Waals surface area contributed by atoms with Crippen LogP contribution in [0.2, 0.25) is 0 Å². The Morgan fingerprint density at radius 2 is 0.833 bits per heavy atom. The van der Waals surface area contributed by atoms with Crippen molar-refractivity contribution in [3.05, 3.63) is 200 Å². The van der Waals surface area contributed by atoms with Crippen molar-refractivity contribution in [3.63, 3.8) is 0 Å². The molecule has 0 spiro atoms. The Bertz CT molecular complexity index is 3470. The minimum atomic E-state index is 0.660. The Morgan fingerprint density at radius 3 is 1.48 bits per heavy atom. The molecule has 0 saturated heterocycles. The summed E-state index contributed by atoms with van der Waals surface area (Å²) in [5.41, 5.74) is 14.6. The molecule has 280 valence electrons. The van der Waals surface area contributed by atoms with Gasteiger partial charge in [-0.05, 0) is 105 Å². The molecule has 4 aromatic heterocycles. The highest BCUT2D eigenvalue weighted by atomic mass is 16.3. The monoisotopic (exact) mass is 767 g/mol. The number of benzene rings is 8. The Labute approximate surface area is 344 Å². The predicted molar refractivity (Wildman–Crippen MR) is 245 cm³/mol. The van der Waals surface area contributed by atoms with Gasteiger partial charge < -0.3 is 8.83 Å². The van der Waals surface area contributed by atoms with E-state index >= 15 is 0 Å². The number of furan rings is 2. The minimum absolute atomic E-state index is 0.660. The first-order valence-electron chi connectivity index (χ1n) is 20.1. The summed E-state index contributed by atoms with van der Waals surface area (Å²) in [7, 11) is 0. The van der Waals surface area contributed by atoms with Gasteiger partial charge in [0.1, 0.15) is 22.3 Å². The van der Waals surface area contributed by atoms with E-state index in [-0.39, 0.29) is 0 Å². The predicted octanol–water partition coefficient (Wildman–Crippen LogP) is 14.8. The highest BCUT2D eigenvalue weighted by Crippen LogP contribution is 2.40. The normalized spacial score (nSPS) is 11.7. The van der Waals surface area contributed by atoms with Gasteiger partial charge in [-0.3, -0.25) is 4.98 Å². The van der Waals surface area contributed by atoms with Gasteiger partial charge >= 0.3 is 0 Å². The summed E-state index contributed by atoms with van der Waals surface area (Å²) >= 11 is 0. The van der Waals surface area contributed by atoms with Crippen molar-refractivity contribution in [2.45, 2.75) is 0 Å². The molecule has 0 N–H and O–H groups in total. The van der Waals surface area contributed by atoms with Gasteiger partial charge in [-0.15, -0.1) is 0 Å². The van der Waals surface area contributed by atoms with Crippen LogP contribution in [0.5, 0.6) is 0 Å². The summed E-state index contributed by atoms with van der Waals surface area (Å²) in [5, 5.41) is 6.60. The van der Waals surface area contributed by atoms with Crippen LogP contribution in [0.1, 0.15) is 0 Å². The second kappa shape index (κ2) is 13.8. The number of fused-ring (bicyclic) bond motifs is 7. The zero-order valence-electron chi connectivity index (χ0n) is 32.2. The molecule has 0 fully saturated rings. The van der Waals surface area contributed by atoms with Crippen LogP contribution in [-0.2, 0) is 0 Å². The second-order valence-corrected chi connectivity index (χ2v) is 15.2. The van der Waals surface area contributed by atoms with Gasteiger partial charge in [0, 0.05) is 56.2 Å². The molecule has 4 heterocycles. The van der Waals surface area contributed by atoms with Gasteiger partial charge in [0.15, 0.2) is 5.82 Å². The first kappa shape index (κ1) is 33.9. The maximum absolute atomic E-state index is 6.24. The topological polar surface area (TPSA) is 65.0 Å². The van der Waals surface area contributed by atoms with Crippen molar-refractivity contribution in [1.29, 1.82) is 0 Å². The minimum Gasteiger partial charge on any atom is -0.456 e. The van der Waals surface area contributed by atoms with Crippen molar-refractivity contribution in [2.75, 3.05) is 0 Å². The van der Waals surface area contributed by atoms with Crippen LogP contribution in [0.15, 0.2) is 209 Å². The van der Waals surface area contributed by atoms with Crippen LogP contribution in [0.3, 0.4) is 0 Å². The molecule has 0 aliphatic rings. The lowest BCUT2D eigenvalue weighted by Gasteiger charge is -2.15. The van der Waals surface area contributed by atoms with E-state index in [1.807, 2.05) is 60.9 Å². The van der Waals surface area contributed by atoms with Crippen LogP contribution in [0.25, 0.3) is 122 Å². The summed E-state index contributed by atoms with van der Waals surface area (Å²) < 4.78 is 12.5. The van der Waals surface area contributed by atoms with Crippen molar-refractivity contribution < 1.29 is 8.83 Å². The molecule has 0 amide bonds. The van der Waals surface area contributed by atoms with Gasteiger partial charge in [0.2, 0.25) is 0 Å². The van der Waals surface area contributed by atoms with Crippen molar-refractivity contribution in [3.8, 4) is 67.3 Å². The van der Waals surface area contributed by atoms with E-state index in [0.717, 1.165) is 116 Å². The SMILES string of the molecule is c1ccc(-c2nc(-c3cc(-c4ccc5oc6ccccc6c5c4)cc(-c4ccc5oc6ccccc6c5c4)c3)cc(-c3cccc4c(-c5cccnc5)cccc34)n2)cc1. The lowest BCUT2D eigenvalue weighted by atomic mass is 9.92. The average molecular weight is 768 g/mol. The van der Waals surface area contributed by atoms with E-state index in [4.69, 9.17) is 18.8 Å². The summed E-state index contributed by atoms with van der Waals surface area (Å²) in [6.07, 6.45) is 3.73. The number of aromatic nitrogens is 3. The highest BCUT2D eigenvalue weighted by molar-refractivity contribution is 6.08. The van der Waals surface area contributed by atoms with Crippen LogP contribution < -0.4 is 0 Å². The second-order valence-electron chi connectivity index (χ2n) is 15.2. The zero-order chi connectivity index (χ0) is 39.6. The Hall–Kier alpha value is -8.15. The Balaban J connectivity index is 1.09. The summed E-state index contributed by atoms with van der Waals surface area (Å²) in [6, 6.07) is 65.5. The number of nitrogens with zero attached hydrogens (tertiary/aromatic N) is 3. The van der Waals surface area contributed by atoms with Crippen LogP contribution >= 0.6 is 0 Å². The fourth-order valence-corrected chi connectivity index (χ4v) is 8.68. The number of hydrogen-bond acceptors (Lipinski definition) is 5. The molecular weight excluding hydrogens is 735 g/mol. The van der Waals surface area contributed by atoms with Gasteiger partial charge in [-0.25, -0.2) is 9.97 Å². The molecule has 0 radical (unpaired) electrons. The largest absolute Gasteiger partial charge is 0.456 e. The fraction of sp³-hybridized carbons (Fsp3) is 0. The molecule has 0 saturated carbocycles. The van der Waals surface area contributed by atoms with Gasteiger partial charge in [-0.1, -0.05) is 121 Å². The smallest absolute Gasteiger partial charge is 0.160 e. The molecule has 5 nitrogen and oxygen atoms in total. The molecule has 0 aliphatic carbocycles. The third-order valence-electron chi connectivity index (χ3n) is 11.6. The first-order chi connectivity index (χ1) is 29.7. The zero-order valence-corrected chi connectivity index (χ0v) is 32.2. The van der Waals surface area contributed by atoms with Gasteiger partial charge in [0.25, 0.3) is 0 Å². The van der Waals surface area contributed by atoms with Crippen LogP contribution in [-0.4, -0.2) is 15.0 Å². The fourth-order valence-electron chi connectivity index (χ4n) is 8.68. The molecule has 0 aliphatic heterocycles. The lowest BCUT2D eigenvalue weighted by Crippen LogP contribution is -1.97. The van der Waals surface area contributed by atoms with Crippen molar-refractivity contribution >= 4 is 54.6 Å². The molecule has 5 heteroatoms. The van der Waals surface area contributed by atoms with Gasteiger partial charge in [-0.2, -0.15) is 0 Å². The maximum atomic E-state index is 6.24. The quantitative estimate of drug-likeness (QED) is 0.169. The molecule has 0 atom stereocenters. The molecule has 0 unspecified atom stereocenters. The number of rotatable bonds is 6. The molecular formula is C55H33N3O2. The summed E-state index contributed by atoms with van der Waals surface area (Å²) in [4.78, 5) is 15.0. The van der Waals surface area contributed by atoms with E-state index < -0.39 is 0 Å². The molecule has 12 aromatic rings. The molecule has 12 rings (SSSR count). The van der Waals surface area contributed by atoms with Crippen LogP contribution in [0.4, 0.5) is 0 Å². The maximum Gasteiger partial charge on any atom is 0.160 e. The van der Waals surface area contributed by atoms with E-state index in [1.165, 1.54) is 0 Å². The average Bonchev–Trinajstić information content (AvgIpc) is 3.89. The van der Waals surface area contributed by atoms with E-state index in [2.05, 4.69) is 145 Å². The number of para-hydroxylation sites is 2. The summed E-state index contributed by atoms with van der Waals surface area (Å²) in [5.74, 6) is 0.660. The van der Waals surface area contributed by atoms with Crippen LogP contribution in [0, 0.1) is 0 Å². The van der Waals surface area contributed by atoms with E-state index in [0.29, 0.717) is 5.82 Å². The molecule has 8 aromatic carbocycles.